The Kier molecular flexibility index (Phi) is 5.28. The normalized spacial score (nSPS) is 23.1. The molecule has 152 valence electrons. The molecule has 1 saturated heterocycles. The number of nitrogens with one attached hydrogen (secondary N) is 2. The molecule has 2 unspecified atom stereocenters. The minimum atomic E-state index is -0.919. The van der Waals surface area contributed by atoms with Gasteiger partial charge in [-0.1, -0.05) is 55.5 Å². The van der Waals surface area contributed by atoms with Crippen LogP contribution in [0.5, 0.6) is 0 Å². The van der Waals surface area contributed by atoms with Crippen molar-refractivity contribution >= 4 is 12.1 Å². The molecular formula is C23H26N2O4. The van der Waals surface area contributed by atoms with Crippen LogP contribution in [0.2, 0.25) is 0 Å². The SMILES string of the molecule is CC1CNCCC1(CC(=O)O)NC(=O)OCC1c2ccccc2-c2ccccc21. The highest BCUT2D eigenvalue weighted by Gasteiger charge is 2.42. The Bertz CT molecular complexity index is 883. The van der Waals surface area contributed by atoms with Crippen LogP contribution in [-0.2, 0) is 9.53 Å². The highest BCUT2D eigenvalue weighted by Crippen LogP contribution is 2.44. The molecule has 1 amide bonds. The number of carbonyl (C=O) groups is 2. The van der Waals surface area contributed by atoms with E-state index in [1.54, 1.807) is 0 Å². The van der Waals surface area contributed by atoms with Gasteiger partial charge in [0, 0.05) is 5.92 Å². The molecule has 2 aliphatic rings. The van der Waals surface area contributed by atoms with Gasteiger partial charge in [-0.05, 0) is 47.7 Å². The first-order valence-electron chi connectivity index (χ1n) is 10.1. The molecule has 1 aliphatic heterocycles. The number of benzene rings is 2. The Hall–Kier alpha value is -2.86. The van der Waals surface area contributed by atoms with Crippen LogP contribution in [0.1, 0.15) is 36.8 Å². The number of rotatable bonds is 5. The number of carbonyl (C=O) groups excluding carboxylic acids is 1. The summed E-state index contributed by atoms with van der Waals surface area (Å²) in [5, 5.41) is 15.5. The maximum absolute atomic E-state index is 12.7. The number of alkyl carbamates (subject to hydrolysis) is 1. The molecule has 4 rings (SSSR count). The van der Waals surface area contributed by atoms with Gasteiger partial charge in [0.2, 0.25) is 0 Å². The summed E-state index contributed by atoms with van der Waals surface area (Å²) in [6.45, 7) is 3.51. The van der Waals surface area contributed by atoms with Crippen LogP contribution in [0.4, 0.5) is 4.79 Å². The molecular weight excluding hydrogens is 368 g/mol. The smallest absolute Gasteiger partial charge is 0.407 e. The van der Waals surface area contributed by atoms with E-state index in [0.29, 0.717) is 19.5 Å². The van der Waals surface area contributed by atoms with Gasteiger partial charge in [-0.15, -0.1) is 0 Å². The molecule has 29 heavy (non-hydrogen) atoms. The predicted molar refractivity (Wildman–Crippen MR) is 110 cm³/mol. The third-order valence-corrected chi connectivity index (χ3v) is 6.30. The van der Waals surface area contributed by atoms with E-state index in [1.165, 1.54) is 11.1 Å². The summed E-state index contributed by atoms with van der Waals surface area (Å²) in [5.74, 6) is -0.945. The van der Waals surface area contributed by atoms with Crippen molar-refractivity contribution in [2.45, 2.75) is 31.2 Å². The zero-order chi connectivity index (χ0) is 20.4. The van der Waals surface area contributed by atoms with Gasteiger partial charge in [0.15, 0.2) is 0 Å². The summed E-state index contributed by atoms with van der Waals surface area (Å²) in [7, 11) is 0. The summed E-state index contributed by atoms with van der Waals surface area (Å²) in [5.41, 5.74) is 3.85. The van der Waals surface area contributed by atoms with Gasteiger partial charge in [-0.3, -0.25) is 4.79 Å². The second kappa shape index (κ2) is 7.87. The fourth-order valence-corrected chi connectivity index (χ4v) is 4.67. The van der Waals surface area contributed by atoms with Crippen molar-refractivity contribution < 1.29 is 19.4 Å². The first-order valence-corrected chi connectivity index (χ1v) is 10.1. The molecule has 6 nitrogen and oxygen atoms in total. The van der Waals surface area contributed by atoms with E-state index in [0.717, 1.165) is 11.1 Å². The van der Waals surface area contributed by atoms with Crippen molar-refractivity contribution in [1.29, 1.82) is 0 Å². The second-order valence-corrected chi connectivity index (χ2v) is 8.03. The first kappa shape index (κ1) is 19.5. The lowest BCUT2D eigenvalue weighted by Crippen LogP contribution is -2.60. The lowest BCUT2D eigenvalue weighted by atomic mass is 9.77. The van der Waals surface area contributed by atoms with Crippen LogP contribution in [0, 0.1) is 5.92 Å². The molecule has 2 aromatic rings. The first-order chi connectivity index (χ1) is 14.0. The van der Waals surface area contributed by atoms with Crippen molar-refractivity contribution in [3.8, 4) is 11.1 Å². The zero-order valence-corrected chi connectivity index (χ0v) is 16.5. The Morgan fingerprint density at radius 1 is 1.14 bits per heavy atom. The molecule has 2 atom stereocenters. The second-order valence-electron chi connectivity index (χ2n) is 8.03. The van der Waals surface area contributed by atoms with E-state index in [1.807, 2.05) is 31.2 Å². The van der Waals surface area contributed by atoms with E-state index >= 15 is 0 Å². The fourth-order valence-electron chi connectivity index (χ4n) is 4.67. The van der Waals surface area contributed by atoms with E-state index in [9.17, 15) is 14.7 Å². The molecule has 6 heteroatoms. The number of carboxylic acids is 1. The number of fused-ring (bicyclic) bond motifs is 3. The minimum Gasteiger partial charge on any atom is -0.481 e. The topological polar surface area (TPSA) is 87.7 Å². The number of ether oxygens (including phenoxy) is 1. The molecule has 1 aliphatic carbocycles. The molecule has 2 aromatic carbocycles. The summed E-state index contributed by atoms with van der Waals surface area (Å²) in [6.07, 6.45) is -0.105. The molecule has 1 fully saturated rings. The van der Waals surface area contributed by atoms with Gasteiger partial charge in [-0.2, -0.15) is 0 Å². The van der Waals surface area contributed by atoms with Gasteiger partial charge in [-0.25, -0.2) is 4.79 Å². The van der Waals surface area contributed by atoms with E-state index in [2.05, 4.69) is 34.9 Å². The maximum Gasteiger partial charge on any atom is 0.407 e. The Labute approximate surface area is 170 Å². The average Bonchev–Trinajstić information content (AvgIpc) is 3.02. The molecule has 0 bridgehead atoms. The van der Waals surface area contributed by atoms with Gasteiger partial charge in [0.05, 0.1) is 12.0 Å². The van der Waals surface area contributed by atoms with Crippen molar-refractivity contribution in [2.75, 3.05) is 19.7 Å². The molecule has 3 N–H and O–H groups in total. The summed E-state index contributed by atoms with van der Waals surface area (Å²) >= 11 is 0. The number of amides is 1. The molecule has 0 spiro atoms. The number of piperidine rings is 1. The van der Waals surface area contributed by atoms with E-state index in [4.69, 9.17) is 4.74 Å². The maximum atomic E-state index is 12.7. The van der Waals surface area contributed by atoms with E-state index in [-0.39, 0.29) is 24.9 Å². The lowest BCUT2D eigenvalue weighted by Gasteiger charge is -2.42. The number of carboxylic acid groups (broad SMARTS) is 1. The van der Waals surface area contributed by atoms with Crippen LogP contribution >= 0.6 is 0 Å². The number of hydrogen-bond donors (Lipinski definition) is 3. The molecule has 0 aromatic heterocycles. The van der Waals surface area contributed by atoms with Gasteiger partial charge in [0.25, 0.3) is 0 Å². The predicted octanol–water partition coefficient (Wildman–Crippen LogP) is 3.37. The van der Waals surface area contributed by atoms with Crippen molar-refractivity contribution in [2.24, 2.45) is 5.92 Å². The van der Waals surface area contributed by atoms with Crippen LogP contribution in [-0.4, -0.2) is 42.4 Å². The lowest BCUT2D eigenvalue weighted by molar-refractivity contribution is -0.139. The largest absolute Gasteiger partial charge is 0.481 e. The highest BCUT2D eigenvalue weighted by molar-refractivity contribution is 5.79. The number of aliphatic carboxylic acids is 1. The Morgan fingerprint density at radius 3 is 2.34 bits per heavy atom. The van der Waals surface area contributed by atoms with Gasteiger partial charge < -0.3 is 20.5 Å². The standard InChI is InChI=1S/C23H26N2O4/c1-15-13-24-11-10-23(15,12-21(26)27)25-22(28)29-14-20-18-8-4-2-6-16(18)17-7-3-5-9-19(17)20/h2-9,15,20,24H,10-14H2,1H3,(H,25,28)(H,26,27). The third kappa shape index (κ3) is 3.72. The van der Waals surface area contributed by atoms with Crippen LogP contribution in [0.3, 0.4) is 0 Å². The highest BCUT2D eigenvalue weighted by atomic mass is 16.5. The van der Waals surface area contributed by atoms with Crippen LogP contribution in [0.25, 0.3) is 11.1 Å². The summed E-state index contributed by atoms with van der Waals surface area (Å²) in [6, 6.07) is 16.3. The fraction of sp³-hybridized carbons (Fsp3) is 0.391. The van der Waals surface area contributed by atoms with Crippen molar-refractivity contribution in [3.63, 3.8) is 0 Å². The van der Waals surface area contributed by atoms with E-state index < -0.39 is 17.6 Å². The summed E-state index contributed by atoms with van der Waals surface area (Å²) in [4.78, 5) is 24.1. The van der Waals surface area contributed by atoms with Crippen LogP contribution in [0.15, 0.2) is 48.5 Å². The van der Waals surface area contributed by atoms with Gasteiger partial charge >= 0.3 is 12.1 Å². The monoisotopic (exact) mass is 394 g/mol. The van der Waals surface area contributed by atoms with Crippen LogP contribution < -0.4 is 10.6 Å². The van der Waals surface area contributed by atoms with Gasteiger partial charge in [0.1, 0.15) is 6.61 Å². The minimum absolute atomic E-state index is 0.00664. The Balaban J connectivity index is 1.49. The molecule has 0 radical (unpaired) electrons. The third-order valence-electron chi connectivity index (χ3n) is 6.30. The quantitative estimate of drug-likeness (QED) is 0.724. The zero-order valence-electron chi connectivity index (χ0n) is 16.5. The van der Waals surface area contributed by atoms with Crippen molar-refractivity contribution in [3.05, 3.63) is 59.7 Å². The molecule has 1 heterocycles. The average molecular weight is 394 g/mol. The number of hydrogen-bond acceptors (Lipinski definition) is 4. The molecule has 0 saturated carbocycles. The Morgan fingerprint density at radius 2 is 1.76 bits per heavy atom. The van der Waals surface area contributed by atoms with Crippen molar-refractivity contribution in [1.82, 2.24) is 10.6 Å². The summed E-state index contributed by atoms with van der Waals surface area (Å²) < 4.78 is 5.63.